The Kier molecular flexibility index (Phi) is 16.6. The largest absolute Gasteiger partial charge is 1.00 e. The molecule has 6 heteroatoms. The first-order valence-corrected chi connectivity index (χ1v) is 30.8. The van der Waals surface area contributed by atoms with Crippen LogP contribution in [0, 0.1) is 24.7 Å². The zero-order chi connectivity index (χ0) is 44.2. The Hall–Kier alpha value is -4.35. The SMILES string of the molecule is CC(C)([PH+](c1ccccc1)c1ccccc1)[PH+](c1ccccc1)c1ccccc1.[Au+].[Au+].[C-]#Cc1ccc2c(c1)[Si](C)(C)c1ccccc1-2.[C-]#Cc1ccc2c(c1)[Si](C)(C)c1ccccc1-2. The molecule has 0 N–H and O–H groups in total. The zero-order valence-electron chi connectivity index (χ0n) is 37.7. The van der Waals surface area contributed by atoms with Crippen LogP contribution in [0.3, 0.4) is 0 Å². The maximum atomic E-state index is 7.26. The summed E-state index contributed by atoms with van der Waals surface area (Å²) in [6.07, 6.45) is 14.5. The minimum absolute atomic E-state index is 0. The van der Waals surface area contributed by atoms with Gasteiger partial charge in [-0.25, -0.2) is 0 Å². The summed E-state index contributed by atoms with van der Waals surface area (Å²) in [6, 6.07) is 74.7. The van der Waals surface area contributed by atoms with E-state index in [2.05, 4.69) is 246 Å². The van der Waals surface area contributed by atoms with E-state index in [1.807, 2.05) is 12.1 Å². The predicted molar refractivity (Wildman–Crippen MR) is 285 cm³/mol. The first kappa shape index (κ1) is 50.1. The average molecular weight is 1280 g/mol. The third-order valence-electron chi connectivity index (χ3n) is 13.0. The van der Waals surface area contributed by atoms with E-state index in [9.17, 15) is 0 Å². The van der Waals surface area contributed by atoms with Crippen molar-refractivity contribution in [3.8, 4) is 34.1 Å². The maximum absolute atomic E-state index is 7.26. The molecule has 2 heterocycles. The van der Waals surface area contributed by atoms with Crippen molar-refractivity contribution in [3.63, 3.8) is 0 Å². The minimum atomic E-state index is -1.55. The van der Waals surface area contributed by atoms with Gasteiger partial charge < -0.3 is 12.8 Å². The molecule has 0 aromatic heterocycles. The number of hydrogen-bond donors (Lipinski definition) is 0. The van der Waals surface area contributed by atoms with E-state index < -0.39 is 32.0 Å². The molecule has 0 amide bonds. The summed E-state index contributed by atoms with van der Waals surface area (Å²) >= 11 is 0. The normalized spacial score (nSPS) is 13.0. The number of hydrogen-bond acceptors (Lipinski definition) is 0. The molecule has 0 fully saturated rings. The van der Waals surface area contributed by atoms with Gasteiger partial charge in [-0.1, -0.05) is 170 Å². The summed E-state index contributed by atoms with van der Waals surface area (Å²) in [7, 11) is -5.15. The molecular formula is C59H54Au2P2Si2+2. The van der Waals surface area contributed by atoms with E-state index in [0.29, 0.717) is 0 Å². The van der Waals surface area contributed by atoms with Crippen LogP contribution in [0.5, 0.6) is 0 Å². The van der Waals surface area contributed by atoms with Gasteiger partial charge in [-0.3, -0.25) is 11.8 Å². The van der Waals surface area contributed by atoms with Crippen molar-refractivity contribution >= 4 is 74.0 Å². The fourth-order valence-electron chi connectivity index (χ4n) is 9.89. The topological polar surface area (TPSA) is 0 Å². The van der Waals surface area contributed by atoms with Crippen LogP contribution in [-0.4, -0.2) is 21.0 Å². The Labute approximate surface area is 424 Å². The Morgan fingerprint density at radius 2 is 0.615 bits per heavy atom. The van der Waals surface area contributed by atoms with E-state index in [1.54, 1.807) is 0 Å². The average Bonchev–Trinajstić information content (AvgIpc) is 3.69. The molecule has 10 rings (SSSR count). The summed E-state index contributed by atoms with van der Waals surface area (Å²) < 4.78 is 0. The van der Waals surface area contributed by atoms with Crippen molar-refractivity contribution in [1.29, 1.82) is 0 Å². The summed E-state index contributed by atoms with van der Waals surface area (Å²) in [5.41, 5.74) is 7.26. The minimum Gasteiger partial charge on any atom is -0.366 e. The molecule has 2 aliphatic rings. The van der Waals surface area contributed by atoms with Crippen LogP contribution < -0.4 is 42.0 Å². The molecule has 0 aliphatic carbocycles. The summed E-state index contributed by atoms with van der Waals surface area (Å²) in [4.78, 5) is 0.154. The molecule has 0 bridgehead atoms. The summed E-state index contributed by atoms with van der Waals surface area (Å²) in [5, 5.41) is 11.9. The van der Waals surface area contributed by atoms with Gasteiger partial charge in [0.25, 0.3) is 0 Å². The molecule has 8 aromatic carbocycles. The Morgan fingerprint density at radius 1 is 0.354 bits per heavy atom. The number of rotatable bonds is 6. The molecule has 328 valence electrons. The fourth-order valence-corrected chi connectivity index (χ4v) is 24.5. The number of fused-ring (bicyclic) bond motifs is 6. The van der Waals surface area contributed by atoms with Crippen LogP contribution in [0.15, 0.2) is 206 Å². The molecule has 2 aliphatic heterocycles. The van der Waals surface area contributed by atoms with Crippen LogP contribution >= 0.6 is 15.8 Å². The van der Waals surface area contributed by atoms with Crippen LogP contribution in [0.4, 0.5) is 0 Å². The van der Waals surface area contributed by atoms with Gasteiger partial charge in [0.15, 0.2) is 4.90 Å². The maximum Gasteiger partial charge on any atom is 1.00 e. The van der Waals surface area contributed by atoms with Gasteiger partial charge in [-0.2, -0.15) is 0 Å². The van der Waals surface area contributed by atoms with Gasteiger partial charge in [0.1, 0.15) is 53.2 Å². The second-order valence-electron chi connectivity index (χ2n) is 18.0. The van der Waals surface area contributed by atoms with Crippen molar-refractivity contribution in [2.45, 2.75) is 44.9 Å². The first-order valence-electron chi connectivity index (χ1n) is 21.8. The number of benzene rings is 8. The predicted octanol–water partition coefficient (Wildman–Crippen LogP) is 10.3. The van der Waals surface area contributed by atoms with Gasteiger partial charge in [0.05, 0.1) is 0 Å². The molecule has 65 heavy (non-hydrogen) atoms. The van der Waals surface area contributed by atoms with E-state index in [-0.39, 0.29) is 49.7 Å². The fraction of sp³-hybridized carbons (Fsp3) is 0.119. The van der Waals surface area contributed by atoms with E-state index >= 15 is 0 Å². The van der Waals surface area contributed by atoms with Gasteiger partial charge in [0.2, 0.25) is 0 Å². The van der Waals surface area contributed by atoms with Crippen molar-refractivity contribution in [2.24, 2.45) is 0 Å². The molecule has 0 unspecified atom stereocenters. The van der Waals surface area contributed by atoms with Crippen molar-refractivity contribution < 1.29 is 44.8 Å². The van der Waals surface area contributed by atoms with Gasteiger partial charge in [0, 0.05) is 13.8 Å². The zero-order valence-corrected chi connectivity index (χ0v) is 46.1. The van der Waals surface area contributed by atoms with Gasteiger partial charge in [-0.15, -0.1) is 35.4 Å². The van der Waals surface area contributed by atoms with E-state index in [1.165, 1.54) is 64.2 Å². The second kappa shape index (κ2) is 21.5. The smallest absolute Gasteiger partial charge is 0.366 e. The second-order valence-corrected chi connectivity index (χ2v) is 33.4. The summed E-state index contributed by atoms with van der Waals surface area (Å²) in [6.45, 7) is 14.5. The van der Waals surface area contributed by atoms with Gasteiger partial charge >= 0.3 is 44.8 Å². The first-order chi connectivity index (χ1) is 30.5. The van der Waals surface area contributed by atoms with E-state index in [4.69, 9.17) is 12.8 Å². The summed E-state index contributed by atoms with van der Waals surface area (Å²) in [5.74, 6) is 4.99. The monoisotopic (exact) mass is 1270 g/mol. The van der Waals surface area contributed by atoms with Crippen LogP contribution in [-0.2, 0) is 44.8 Å². The standard InChI is InChI=1S/C27H26P2.2C16H13Si.2Au/c1-27(2,28(23-15-7-3-8-16-23)24-17-9-4-10-18-24)29(25-19-11-5-12-20-25)26-21-13-6-14-22-26;2*1-4-12-9-10-14-13-7-5-6-8-15(13)17(2,3)16(14)11-12;;/h3-22H,1-2H3;2*5-11H,2-3H3;;/q;2*-1;2*+1/p+2. The van der Waals surface area contributed by atoms with Crippen LogP contribution in [0.25, 0.3) is 22.3 Å². The Bertz CT molecular complexity index is 2670. The quantitative estimate of drug-likeness (QED) is 0.0674. The molecule has 0 nitrogen and oxygen atoms in total. The van der Waals surface area contributed by atoms with Crippen molar-refractivity contribution in [3.05, 3.63) is 230 Å². The molecule has 0 saturated heterocycles. The molecule has 8 aromatic rings. The molecule has 0 saturated carbocycles. The third-order valence-corrected chi connectivity index (χ3v) is 27.7. The van der Waals surface area contributed by atoms with Crippen molar-refractivity contribution in [1.82, 2.24) is 0 Å². The molecular weight excluding hydrogens is 1220 g/mol. The van der Waals surface area contributed by atoms with E-state index in [0.717, 1.165) is 11.1 Å². The van der Waals surface area contributed by atoms with Crippen LogP contribution in [0.1, 0.15) is 25.0 Å². The van der Waals surface area contributed by atoms with Crippen molar-refractivity contribution in [2.75, 3.05) is 0 Å². The molecule has 0 atom stereocenters. The Balaban J connectivity index is 0.000000168. The van der Waals surface area contributed by atoms with Crippen LogP contribution in [0.2, 0.25) is 26.2 Å². The third kappa shape index (κ3) is 10.2. The van der Waals surface area contributed by atoms with Gasteiger partial charge in [-0.05, 0) is 81.2 Å². The molecule has 0 radical (unpaired) electrons. The molecule has 0 spiro atoms. The Morgan fingerprint density at radius 3 is 0.908 bits per heavy atom.